The first-order valence-electron chi connectivity index (χ1n) is 13.1. The quantitative estimate of drug-likeness (QED) is 0.282. The smallest absolute Gasteiger partial charge is 0.195 e. The molecule has 0 saturated carbocycles. The van der Waals surface area contributed by atoms with Gasteiger partial charge in [-0.25, -0.2) is 0 Å². The van der Waals surface area contributed by atoms with Gasteiger partial charge in [0.15, 0.2) is 16.6 Å². The summed E-state index contributed by atoms with van der Waals surface area (Å²) in [5, 5.41) is 3.60. The second kappa shape index (κ2) is 13.2. The lowest BCUT2D eigenvalue weighted by Crippen LogP contribution is -2.64. The van der Waals surface area contributed by atoms with E-state index in [1.807, 2.05) is 0 Å². The summed E-state index contributed by atoms with van der Waals surface area (Å²) in [7, 11) is -1.76. The predicted octanol–water partition coefficient (Wildman–Crippen LogP) is 7.28. The SMILES string of the molecule is CC[Si](CC)(O[C@@H]1[C@@H](NC)[C@@H](Sc2ccccc2)OC[C@H]1O[Si](CC)(CC)C(C)C)C(C)C. The second-order valence-electron chi connectivity index (χ2n) is 10.0. The lowest BCUT2D eigenvalue weighted by Gasteiger charge is -2.50. The Morgan fingerprint density at radius 3 is 1.88 bits per heavy atom. The molecule has 1 N–H and O–H groups in total. The van der Waals surface area contributed by atoms with Crippen molar-refractivity contribution in [1.29, 1.82) is 0 Å². The van der Waals surface area contributed by atoms with Gasteiger partial charge in [-0.15, -0.1) is 0 Å². The highest BCUT2D eigenvalue weighted by Crippen LogP contribution is 2.40. The maximum Gasteiger partial charge on any atom is 0.195 e. The number of thioether (sulfide) groups is 1. The van der Waals surface area contributed by atoms with E-state index in [1.165, 1.54) is 4.90 Å². The van der Waals surface area contributed by atoms with E-state index < -0.39 is 16.6 Å². The molecular weight excluding hydrogens is 463 g/mol. The van der Waals surface area contributed by atoms with Crippen LogP contribution in [0.2, 0.25) is 35.3 Å². The van der Waals surface area contributed by atoms with Gasteiger partial charge in [0, 0.05) is 4.90 Å². The van der Waals surface area contributed by atoms with Gasteiger partial charge < -0.3 is 18.9 Å². The number of hydrogen-bond acceptors (Lipinski definition) is 5. The Labute approximate surface area is 210 Å². The Hall–Kier alpha value is -0.156. The first kappa shape index (κ1) is 29.1. The van der Waals surface area contributed by atoms with E-state index in [9.17, 15) is 0 Å². The molecule has 4 atom stereocenters. The van der Waals surface area contributed by atoms with E-state index in [1.54, 1.807) is 11.8 Å². The van der Waals surface area contributed by atoms with Crippen LogP contribution in [0.5, 0.6) is 0 Å². The largest absolute Gasteiger partial charge is 0.409 e. The monoisotopic (exact) mass is 511 g/mol. The van der Waals surface area contributed by atoms with Crippen molar-refractivity contribution in [3.63, 3.8) is 0 Å². The van der Waals surface area contributed by atoms with E-state index >= 15 is 0 Å². The molecule has 1 aliphatic rings. The molecule has 1 aliphatic heterocycles. The lowest BCUT2D eigenvalue weighted by atomic mass is 10.0. The van der Waals surface area contributed by atoms with E-state index in [0.717, 1.165) is 24.2 Å². The summed E-state index contributed by atoms with van der Waals surface area (Å²) in [6, 6.07) is 15.2. The van der Waals surface area contributed by atoms with E-state index in [0.29, 0.717) is 17.7 Å². The van der Waals surface area contributed by atoms with Gasteiger partial charge in [0.05, 0.1) is 24.9 Å². The fourth-order valence-corrected chi connectivity index (χ4v) is 13.7. The van der Waals surface area contributed by atoms with Crippen LogP contribution in [-0.4, -0.2) is 54.0 Å². The van der Waals surface area contributed by atoms with Gasteiger partial charge in [-0.3, -0.25) is 0 Å². The van der Waals surface area contributed by atoms with Crippen molar-refractivity contribution in [2.24, 2.45) is 0 Å². The van der Waals surface area contributed by atoms with Crippen LogP contribution in [-0.2, 0) is 13.6 Å². The van der Waals surface area contributed by atoms with Crippen molar-refractivity contribution in [2.45, 2.75) is 119 Å². The zero-order valence-electron chi connectivity index (χ0n) is 22.5. The van der Waals surface area contributed by atoms with Crippen LogP contribution in [0.4, 0.5) is 0 Å². The second-order valence-corrected chi connectivity index (χ2v) is 21.1. The molecule has 0 spiro atoms. The van der Waals surface area contributed by atoms with E-state index in [4.69, 9.17) is 13.6 Å². The molecule has 0 amide bonds. The minimum absolute atomic E-state index is 0.00246. The summed E-state index contributed by atoms with van der Waals surface area (Å²) in [6.07, 6.45) is -0.0181. The van der Waals surface area contributed by atoms with Crippen LogP contribution < -0.4 is 5.32 Å². The topological polar surface area (TPSA) is 39.7 Å². The van der Waals surface area contributed by atoms with Crippen molar-refractivity contribution >= 4 is 28.4 Å². The molecule has 1 saturated heterocycles. The zero-order chi connectivity index (χ0) is 24.6. The Bertz CT molecular complexity index is 683. The summed E-state index contributed by atoms with van der Waals surface area (Å²) in [6.45, 7) is 19.2. The van der Waals surface area contributed by atoms with Crippen LogP contribution in [0.3, 0.4) is 0 Å². The Balaban J connectivity index is 2.42. The van der Waals surface area contributed by atoms with Crippen molar-refractivity contribution < 1.29 is 13.6 Å². The summed E-state index contributed by atoms with van der Waals surface area (Å²) in [4.78, 5) is 1.23. The van der Waals surface area contributed by atoms with Gasteiger partial charge in [-0.2, -0.15) is 0 Å². The number of nitrogens with one attached hydrogen (secondary N) is 1. The lowest BCUT2D eigenvalue weighted by molar-refractivity contribution is -0.102. The molecule has 0 bridgehead atoms. The Kier molecular flexibility index (Phi) is 11.7. The fraction of sp³-hybridized carbons (Fsp3) is 0.769. The first-order valence-corrected chi connectivity index (χ1v) is 18.8. The average Bonchev–Trinajstić information content (AvgIpc) is 2.82. The van der Waals surface area contributed by atoms with Crippen molar-refractivity contribution in [3.8, 4) is 0 Å². The maximum atomic E-state index is 7.32. The third-order valence-electron chi connectivity index (χ3n) is 8.02. The van der Waals surface area contributed by atoms with Crippen molar-refractivity contribution in [3.05, 3.63) is 30.3 Å². The van der Waals surface area contributed by atoms with Gasteiger partial charge in [0.1, 0.15) is 5.44 Å². The number of likely N-dealkylation sites (N-methyl/N-ethyl adjacent to an activating group) is 1. The van der Waals surface area contributed by atoms with Crippen molar-refractivity contribution in [1.82, 2.24) is 5.32 Å². The van der Waals surface area contributed by atoms with Crippen LogP contribution in [0.15, 0.2) is 35.2 Å². The summed E-state index contributed by atoms with van der Waals surface area (Å²) in [5.41, 5.74) is 1.13. The number of benzene rings is 1. The van der Waals surface area contributed by atoms with Gasteiger partial charge >= 0.3 is 0 Å². The molecule has 4 nitrogen and oxygen atoms in total. The van der Waals surface area contributed by atoms with Gasteiger partial charge in [0.25, 0.3) is 0 Å². The average molecular weight is 512 g/mol. The first-order chi connectivity index (χ1) is 15.7. The summed E-state index contributed by atoms with van der Waals surface area (Å²) < 4.78 is 21.0. The highest BCUT2D eigenvalue weighted by molar-refractivity contribution is 7.99. The van der Waals surface area contributed by atoms with Gasteiger partial charge in [0.2, 0.25) is 0 Å². The highest BCUT2D eigenvalue weighted by atomic mass is 32.2. The van der Waals surface area contributed by atoms with Crippen LogP contribution in [0.25, 0.3) is 0 Å². The Morgan fingerprint density at radius 1 is 0.909 bits per heavy atom. The molecule has 0 aliphatic carbocycles. The third-order valence-corrected chi connectivity index (χ3v) is 19.7. The molecule has 0 radical (unpaired) electrons. The molecule has 2 rings (SSSR count). The maximum absolute atomic E-state index is 7.32. The third kappa shape index (κ3) is 6.75. The van der Waals surface area contributed by atoms with Gasteiger partial charge in [-0.1, -0.05) is 85.4 Å². The summed E-state index contributed by atoms with van der Waals surface area (Å²) in [5.74, 6) is 0. The molecule has 1 aromatic rings. The minimum atomic E-state index is -1.92. The van der Waals surface area contributed by atoms with Crippen LogP contribution in [0.1, 0.15) is 55.4 Å². The molecular formula is C26H49NO3SSi2. The van der Waals surface area contributed by atoms with Gasteiger partial charge in [-0.05, 0) is 54.4 Å². The molecule has 1 aromatic carbocycles. The standard InChI is InChI=1S/C26H49NO3SSi2/c1-10-32(11-2,20(5)6)29-23-19-28-26(31-22-17-15-14-16-18-22)24(27-9)25(23)30-33(12-3,13-4)21(7)8/h14-18,20-21,23-27H,10-13,19H2,1-9H3/t23-,24-,25+,26-/m1/s1. The highest BCUT2D eigenvalue weighted by Gasteiger charge is 2.49. The summed E-state index contributed by atoms with van der Waals surface area (Å²) >= 11 is 1.79. The fourth-order valence-electron chi connectivity index (χ4n) is 5.38. The molecule has 1 fully saturated rings. The minimum Gasteiger partial charge on any atom is -0.409 e. The van der Waals surface area contributed by atoms with Crippen LogP contribution >= 0.6 is 11.8 Å². The molecule has 1 heterocycles. The van der Waals surface area contributed by atoms with E-state index in [-0.39, 0.29) is 23.7 Å². The molecule has 33 heavy (non-hydrogen) atoms. The van der Waals surface area contributed by atoms with Crippen molar-refractivity contribution in [2.75, 3.05) is 13.7 Å². The Morgan fingerprint density at radius 2 is 1.42 bits per heavy atom. The molecule has 0 unspecified atom stereocenters. The van der Waals surface area contributed by atoms with E-state index in [2.05, 4.69) is 98.1 Å². The molecule has 7 heteroatoms. The number of ether oxygens (including phenoxy) is 1. The molecule has 0 aromatic heterocycles. The predicted molar refractivity (Wildman–Crippen MR) is 148 cm³/mol. The zero-order valence-corrected chi connectivity index (χ0v) is 25.3. The molecule has 190 valence electrons. The van der Waals surface area contributed by atoms with Crippen LogP contribution in [0, 0.1) is 0 Å². The number of hydrogen-bond donors (Lipinski definition) is 1. The normalized spacial score (nSPS) is 24.6. The number of rotatable bonds is 13.